The van der Waals surface area contributed by atoms with Crippen molar-refractivity contribution in [3.05, 3.63) is 52.0 Å². The summed E-state index contributed by atoms with van der Waals surface area (Å²) in [5, 5.41) is 0.648. The van der Waals surface area contributed by atoms with Crippen molar-refractivity contribution in [2.75, 3.05) is 11.3 Å². The summed E-state index contributed by atoms with van der Waals surface area (Å²) in [6.45, 7) is 3.96. The van der Waals surface area contributed by atoms with Crippen LogP contribution in [-0.4, -0.2) is 15.0 Å². The molecule has 0 bridgehead atoms. The fourth-order valence-electron chi connectivity index (χ4n) is 1.88. The first-order valence-corrected chi connectivity index (χ1v) is 8.78. The van der Waals surface area contributed by atoms with E-state index in [1.165, 1.54) is 12.1 Å². The first-order valence-electron chi connectivity index (χ1n) is 6.55. The largest absolute Gasteiger partial charge is 0.492 e. The van der Waals surface area contributed by atoms with Gasteiger partial charge in [0.05, 0.1) is 17.3 Å². The predicted molar refractivity (Wildman–Crippen MR) is 89.6 cm³/mol. The molecular weight excluding hydrogens is 345 g/mol. The van der Waals surface area contributed by atoms with Gasteiger partial charge in [-0.15, -0.1) is 0 Å². The number of sulfonamides is 1. The summed E-state index contributed by atoms with van der Waals surface area (Å²) in [6.07, 6.45) is 0. The normalized spacial score (nSPS) is 11.3. The van der Waals surface area contributed by atoms with Crippen molar-refractivity contribution in [2.45, 2.75) is 18.7 Å². The number of hydrogen-bond acceptors (Lipinski definition) is 3. The topological polar surface area (TPSA) is 55.4 Å². The molecule has 4 nitrogen and oxygen atoms in total. The van der Waals surface area contributed by atoms with Crippen LogP contribution >= 0.6 is 23.2 Å². The minimum Gasteiger partial charge on any atom is -0.492 e. The van der Waals surface area contributed by atoms with Crippen LogP contribution in [0.4, 0.5) is 5.69 Å². The Morgan fingerprint density at radius 1 is 1.14 bits per heavy atom. The van der Waals surface area contributed by atoms with Gasteiger partial charge in [0, 0.05) is 5.02 Å². The second kappa shape index (κ2) is 6.77. The van der Waals surface area contributed by atoms with Crippen LogP contribution < -0.4 is 9.46 Å². The van der Waals surface area contributed by atoms with Gasteiger partial charge in [-0.2, -0.15) is 0 Å². The zero-order valence-electron chi connectivity index (χ0n) is 12.1. The predicted octanol–water partition coefficient (Wildman–Crippen LogP) is 4.50. The molecule has 0 heterocycles. The zero-order chi connectivity index (χ0) is 16.3. The number of hydrogen-bond donors (Lipinski definition) is 1. The summed E-state index contributed by atoms with van der Waals surface area (Å²) in [4.78, 5) is 0.0605. The molecule has 0 aliphatic heterocycles. The fourth-order valence-corrected chi connectivity index (χ4v) is 3.57. The van der Waals surface area contributed by atoms with Gasteiger partial charge in [0.15, 0.2) is 0 Å². The highest BCUT2D eigenvalue weighted by molar-refractivity contribution is 7.92. The van der Waals surface area contributed by atoms with Crippen molar-refractivity contribution in [3.63, 3.8) is 0 Å². The Bertz CT molecular complexity index is 791. The molecule has 22 heavy (non-hydrogen) atoms. The smallest absolute Gasteiger partial charge is 0.265 e. The summed E-state index contributed by atoms with van der Waals surface area (Å²) in [7, 11) is -3.85. The minimum atomic E-state index is -3.85. The maximum atomic E-state index is 12.6. The molecule has 0 radical (unpaired) electrons. The van der Waals surface area contributed by atoms with Gasteiger partial charge in [0.2, 0.25) is 0 Å². The maximum absolute atomic E-state index is 12.6. The standard InChI is InChI=1S/C15H15Cl2NO3S/c1-3-21-14-7-4-10(2)8-15(14)22(19,20)18-13-9-11(16)5-6-12(13)17/h4-9,18H,3H2,1-2H3. The summed E-state index contributed by atoms with van der Waals surface area (Å²) in [6, 6.07) is 9.54. The molecule has 7 heteroatoms. The quantitative estimate of drug-likeness (QED) is 0.854. The van der Waals surface area contributed by atoms with E-state index >= 15 is 0 Å². The Morgan fingerprint density at radius 3 is 2.55 bits per heavy atom. The van der Waals surface area contributed by atoms with Gasteiger partial charge in [0.25, 0.3) is 10.0 Å². The molecule has 2 rings (SSSR count). The molecule has 1 N–H and O–H groups in total. The molecule has 0 aliphatic rings. The summed E-state index contributed by atoms with van der Waals surface area (Å²) in [5.74, 6) is 0.291. The van der Waals surface area contributed by atoms with Gasteiger partial charge >= 0.3 is 0 Å². The first-order chi connectivity index (χ1) is 10.3. The number of nitrogens with one attached hydrogen (secondary N) is 1. The van der Waals surface area contributed by atoms with Crippen molar-refractivity contribution in [1.82, 2.24) is 0 Å². The van der Waals surface area contributed by atoms with Gasteiger partial charge in [-0.1, -0.05) is 29.3 Å². The van der Waals surface area contributed by atoms with E-state index in [0.717, 1.165) is 5.56 Å². The lowest BCUT2D eigenvalue weighted by molar-refractivity contribution is 0.331. The molecule has 0 saturated carbocycles. The van der Waals surface area contributed by atoms with Gasteiger partial charge in [-0.3, -0.25) is 4.72 Å². The fraction of sp³-hybridized carbons (Fsp3) is 0.200. The van der Waals surface area contributed by atoms with Crippen LogP contribution in [-0.2, 0) is 10.0 Å². The van der Waals surface area contributed by atoms with Crippen LogP contribution in [0.3, 0.4) is 0 Å². The highest BCUT2D eigenvalue weighted by atomic mass is 35.5. The number of anilines is 1. The third kappa shape index (κ3) is 3.85. The molecular formula is C15H15Cl2NO3S. The first kappa shape index (κ1) is 16.9. The van der Waals surface area contributed by atoms with E-state index in [1.54, 1.807) is 38.1 Å². The van der Waals surface area contributed by atoms with Crippen LogP contribution in [0.1, 0.15) is 12.5 Å². The Hall–Kier alpha value is -1.43. The van der Waals surface area contributed by atoms with Crippen molar-refractivity contribution in [1.29, 1.82) is 0 Å². The average molecular weight is 360 g/mol. The lowest BCUT2D eigenvalue weighted by Crippen LogP contribution is -2.15. The second-order valence-corrected chi connectivity index (χ2v) is 7.11. The molecule has 0 spiro atoms. The Labute approximate surface area is 140 Å². The molecule has 0 atom stereocenters. The maximum Gasteiger partial charge on any atom is 0.265 e. The molecule has 0 aromatic heterocycles. The van der Waals surface area contributed by atoms with E-state index in [4.69, 9.17) is 27.9 Å². The molecule has 0 fully saturated rings. The van der Waals surface area contributed by atoms with E-state index in [0.29, 0.717) is 17.4 Å². The molecule has 118 valence electrons. The van der Waals surface area contributed by atoms with Crippen LogP contribution in [0, 0.1) is 6.92 Å². The summed E-state index contributed by atoms with van der Waals surface area (Å²) >= 11 is 11.9. The van der Waals surface area contributed by atoms with E-state index in [9.17, 15) is 8.42 Å². The molecule has 0 saturated heterocycles. The van der Waals surface area contributed by atoms with Crippen LogP contribution in [0.25, 0.3) is 0 Å². The average Bonchev–Trinajstić information content (AvgIpc) is 2.45. The minimum absolute atomic E-state index is 0.0605. The molecule has 2 aromatic rings. The molecule has 2 aromatic carbocycles. The summed E-state index contributed by atoms with van der Waals surface area (Å²) < 4.78 is 33.1. The molecule has 0 aliphatic carbocycles. The lowest BCUT2D eigenvalue weighted by Gasteiger charge is -2.14. The number of benzene rings is 2. The monoisotopic (exact) mass is 359 g/mol. The van der Waals surface area contributed by atoms with Crippen LogP contribution in [0.5, 0.6) is 5.75 Å². The third-order valence-corrected chi connectivity index (χ3v) is 4.81. The van der Waals surface area contributed by atoms with Gasteiger partial charge in [-0.25, -0.2) is 8.42 Å². The molecule has 0 amide bonds. The van der Waals surface area contributed by atoms with E-state index in [-0.39, 0.29) is 15.6 Å². The van der Waals surface area contributed by atoms with Gasteiger partial charge in [0.1, 0.15) is 10.6 Å². The SMILES string of the molecule is CCOc1ccc(C)cc1S(=O)(=O)Nc1cc(Cl)ccc1Cl. The Kier molecular flexibility index (Phi) is 5.21. The summed E-state index contributed by atoms with van der Waals surface area (Å²) in [5.41, 5.74) is 1.03. The number of rotatable bonds is 5. The lowest BCUT2D eigenvalue weighted by atomic mass is 10.2. The van der Waals surface area contributed by atoms with Crippen molar-refractivity contribution < 1.29 is 13.2 Å². The van der Waals surface area contributed by atoms with E-state index < -0.39 is 10.0 Å². The Balaban J connectivity index is 2.46. The van der Waals surface area contributed by atoms with Crippen LogP contribution in [0.15, 0.2) is 41.3 Å². The number of halogens is 2. The van der Waals surface area contributed by atoms with Crippen LogP contribution in [0.2, 0.25) is 10.0 Å². The van der Waals surface area contributed by atoms with E-state index in [2.05, 4.69) is 4.72 Å². The van der Waals surface area contributed by atoms with Crippen molar-refractivity contribution >= 4 is 38.9 Å². The van der Waals surface area contributed by atoms with E-state index in [1.807, 2.05) is 0 Å². The second-order valence-electron chi connectivity index (χ2n) is 4.61. The third-order valence-electron chi connectivity index (χ3n) is 2.86. The number of ether oxygens (including phenoxy) is 1. The highest BCUT2D eigenvalue weighted by Crippen LogP contribution is 2.31. The van der Waals surface area contributed by atoms with Gasteiger partial charge < -0.3 is 4.74 Å². The van der Waals surface area contributed by atoms with Gasteiger partial charge in [-0.05, 0) is 49.7 Å². The molecule has 0 unspecified atom stereocenters. The van der Waals surface area contributed by atoms with Crippen molar-refractivity contribution in [3.8, 4) is 5.75 Å². The number of aryl methyl sites for hydroxylation is 1. The zero-order valence-corrected chi connectivity index (χ0v) is 14.4. The highest BCUT2D eigenvalue weighted by Gasteiger charge is 2.21. The van der Waals surface area contributed by atoms with Crippen molar-refractivity contribution in [2.24, 2.45) is 0 Å². The Morgan fingerprint density at radius 2 is 1.86 bits per heavy atom.